The van der Waals surface area contributed by atoms with Crippen molar-refractivity contribution >= 4 is 5.78 Å². The van der Waals surface area contributed by atoms with E-state index in [0.29, 0.717) is 35.7 Å². The van der Waals surface area contributed by atoms with Gasteiger partial charge >= 0.3 is 0 Å². The maximum Gasteiger partial charge on any atom is 0.203 e. The van der Waals surface area contributed by atoms with Crippen molar-refractivity contribution in [2.45, 2.75) is 19.1 Å². The number of ketones is 1. The summed E-state index contributed by atoms with van der Waals surface area (Å²) in [5, 5.41) is 6.19. The molecule has 1 atom stereocenters. The summed E-state index contributed by atoms with van der Waals surface area (Å²) in [6.07, 6.45) is 5.08. The Labute approximate surface area is 190 Å². The Hall–Kier alpha value is -3.82. The molecule has 4 aromatic rings. The van der Waals surface area contributed by atoms with Crippen molar-refractivity contribution in [3.8, 4) is 17.1 Å². The van der Waals surface area contributed by atoms with E-state index < -0.39 is 11.9 Å². The molecule has 33 heavy (non-hydrogen) atoms. The van der Waals surface area contributed by atoms with Gasteiger partial charge in [0.25, 0.3) is 0 Å². The van der Waals surface area contributed by atoms with Gasteiger partial charge in [0.1, 0.15) is 35.5 Å². The van der Waals surface area contributed by atoms with Gasteiger partial charge in [-0.1, -0.05) is 6.07 Å². The third-order valence-corrected chi connectivity index (χ3v) is 5.79. The third kappa shape index (κ3) is 3.71. The van der Waals surface area contributed by atoms with Gasteiger partial charge in [-0.15, -0.1) is 0 Å². The van der Waals surface area contributed by atoms with E-state index in [4.69, 9.17) is 4.74 Å². The number of methoxy groups -OCH3 is 1. The lowest BCUT2D eigenvalue weighted by atomic mass is 9.95. The van der Waals surface area contributed by atoms with Crippen molar-refractivity contribution < 1.29 is 13.9 Å². The number of carbonyl (C=O) groups excluding carboxylic acids is 1. The molecule has 0 radical (unpaired) electrons. The average molecular weight is 446 g/mol. The van der Waals surface area contributed by atoms with E-state index in [2.05, 4.69) is 20.6 Å². The van der Waals surface area contributed by atoms with Gasteiger partial charge in [-0.25, -0.2) is 14.4 Å². The predicted molar refractivity (Wildman–Crippen MR) is 120 cm³/mol. The molecule has 0 fully saturated rings. The van der Waals surface area contributed by atoms with Gasteiger partial charge in [0.15, 0.2) is 0 Å². The highest BCUT2D eigenvalue weighted by atomic mass is 19.1. The number of benzene rings is 2. The lowest BCUT2D eigenvalue weighted by Gasteiger charge is -2.24. The van der Waals surface area contributed by atoms with Crippen LogP contribution in [0.15, 0.2) is 61.2 Å². The van der Waals surface area contributed by atoms with E-state index in [1.165, 1.54) is 6.07 Å². The number of imidazole rings is 2. The zero-order valence-electron chi connectivity index (χ0n) is 18.2. The van der Waals surface area contributed by atoms with Crippen LogP contribution in [-0.2, 0) is 13.1 Å². The number of nitrogens with zero attached hydrogens (tertiary/aromatic N) is 4. The summed E-state index contributed by atoms with van der Waals surface area (Å²) in [6, 6.07) is 11.4. The molecule has 1 aliphatic heterocycles. The largest absolute Gasteiger partial charge is 0.497 e. The van der Waals surface area contributed by atoms with Crippen LogP contribution in [0, 0.1) is 5.82 Å². The summed E-state index contributed by atoms with van der Waals surface area (Å²) in [5.74, 6) is 0.803. The SMILES string of the molecule is CNCc1nccn1-c1ccc(C2NCc3ncn(-c4ccc(OC)cc4)c3C2=O)c(F)c1. The highest BCUT2D eigenvalue weighted by Gasteiger charge is 2.34. The fourth-order valence-electron chi connectivity index (χ4n) is 4.15. The summed E-state index contributed by atoms with van der Waals surface area (Å²) in [6.45, 7) is 0.918. The van der Waals surface area contributed by atoms with E-state index in [9.17, 15) is 4.79 Å². The monoisotopic (exact) mass is 446 g/mol. The van der Waals surface area contributed by atoms with Crippen molar-refractivity contribution in [2.75, 3.05) is 14.2 Å². The molecular weight excluding hydrogens is 423 g/mol. The number of halogens is 1. The first-order valence-corrected chi connectivity index (χ1v) is 10.6. The van der Waals surface area contributed by atoms with Crippen molar-refractivity contribution in [3.05, 3.63) is 89.8 Å². The molecule has 0 bridgehead atoms. The van der Waals surface area contributed by atoms with E-state index in [1.807, 2.05) is 35.9 Å². The molecule has 0 amide bonds. The Balaban J connectivity index is 1.47. The smallest absolute Gasteiger partial charge is 0.203 e. The topological polar surface area (TPSA) is 86.0 Å². The van der Waals surface area contributed by atoms with Crippen molar-refractivity contribution in [1.82, 2.24) is 29.7 Å². The first-order chi connectivity index (χ1) is 16.1. The number of hydrogen-bond acceptors (Lipinski definition) is 6. The van der Waals surface area contributed by atoms with Crippen LogP contribution in [0.3, 0.4) is 0 Å². The number of aromatic nitrogens is 4. The Bertz CT molecular complexity index is 1310. The van der Waals surface area contributed by atoms with Gasteiger partial charge in [-0.2, -0.15) is 0 Å². The maximum atomic E-state index is 15.2. The van der Waals surface area contributed by atoms with E-state index in [1.54, 1.807) is 42.5 Å². The number of Topliss-reactive ketones (excluding diaryl/α,β-unsaturated/α-hetero) is 1. The molecule has 2 aromatic carbocycles. The van der Waals surface area contributed by atoms with E-state index >= 15 is 4.39 Å². The molecule has 8 nitrogen and oxygen atoms in total. The zero-order valence-corrected chi connectivity index (χ0v) is 18.2. The number of rotatable bonds is 6. The Kier molecular flexibility index (Phi) is 5.49. The minimum absolute atomic E-state index is 0.227. The average Bonchev–Trinajstić information content (AvgIpc) is 3.48. The van der Waals surface area contributed by atoms with Crippen LogP contribution in [0.5, 0.6) is 5.75 Å². The Morgan fingerprint density at radius 3 is 2.67 bits per heavy atom. The molecule has 0 saturated heterocycles. The highest BCUT2D eigenvalue weighted by molar-refractivity contribution is 6.01. The van der Waals surface area contributed by atoms with Crippen molar-refractivity contribution in [1.29, 1.82) is 0 Å². The highest BCUT2D eigenvalue weighted by Crippen LogP contribution is 2.30. The minimum atomic E-state index is -0.806. The molecular formula is C24H23FN6O2. The second-order valence-electron chi connectivity index (χ2n) is 7.74. The lowest BCUT2D eigenvalue weighted by molar-refractivity contribution is 0.0920. The Morgan fingerprint density at radius 2 is 1.94 bits per heavy atom. The number of carbonyl (C=O) groups is 1. The fourth-order valence-corrected chi connectivity index (χ4v) is 4.15. The molecule has 1 aliphatic rings. The van der Waals surface area contributed by atoms with Crippen LogP contribution >= 0.6 is 0 Å². The normalized spacial score (nSPS) is 15.5. The van der Waals surface area contributed by atoms with Gasteiger partial charge in [-0.3, -0.25) is 14.7 Å². The molecule has 2 aromatic heterocycles. The summed E-state index contributed by atoms with van der Waals surface area (Å²) in [7, 11) is 3.43. The first kappa shape index (κ1) is 21.0. The summed E-state index contributed by atoms with van der Waals surface area (Å²) < 4.78 is 24.0. The molecule has 9 heteroatoms. The summed E-state index contributed by atoms with van der Waals surface area (Å²) in [5.41, 5.74) is 2.82. The van der Waals surface area contributed by atoms with Crippen LogP contribution in [0.4, 0.5) is 4.39 Å². The van der Waals surface area contributed by atoms with Crippen LogP contribution in [0.25, 0.3) is 11.4 Å². The fraction of sp³-hybridized carbons (Fsp3) is 0.208. The van der Waals surface area contributed by atoms with Crippen LogP contribution in [0.1, 0.15) is 33.6 Å². The number of hydrogen-bond donors (Lipinski definition) is 2. The first-order valence-electron chi connectivity index (χ1n) is 10.6. The molecule has 1 unspecified atom stereocenters. The van der Waals surface area contributed by atoms with Crippen LogP contribution < -0.4 is 15.4 Å². The number of fused-ring (bicyclic) bond motifs is 1. The van der Waals surface area contributed by atoms with Crippen molar-refractivity contribution in [2.24, 2.45) is 0 Å². The lowest BCUT2D eigenvalue weighted by Crippen LogP contribution is -2.36. The number of ether oxygens (including phenoxy) is 1. The standard InChI is InChI=1S/C24H23FN6O2/c1-26-13-21-27-9-10-30(21)16-5-8-18(19(25)11-16)22-24(32)23-20(12-28-22)29-14-31(23)15-3-6-17(33-2)7-4-15/h3-11,14,22,26,28H,12-13H2,1-2H3. The van der Waals surface area contributed by atoms with Gasteiger partial charge in [-0.05, 0) is 43.4 Å². The minimum Gasteiger partial charge on any atom is -0.497 e. The Morgan fingerprint density at radius 1 is 1.15 bits per heavy atom. The van der Waals surface area contributed by atoms with Crippen LogP contribution in [-0.4, -0.2) is 39.0 Å². The molecule has 0 saturated carbocycles. The zero-order chi connectivity index (χ0) is 22.9. The molecule has 0 aliphatic carbocycles. The van der Waals surface area contributed by atoms with Gasteiger partial charge in [0.2, 0.25) is 5.78 Å². The van der Waals surface area contributed by atoms with E-state index in [0.717, 1.165) is 17.3 Å². The molecule has 3 heterocycles. The molecule has 0 spiro atoms. The maximum absolute atomic E-state index is 15.2. The number of nitrogens with one attached hydrogen (secondary N) is 2. The molecule has 5 rings (SSSR count). The van der Waals surface area contributed by atoms with Crippen molar-refractivity contribution in [3.63, 3.8) is 0 Å². The van der Waals surface area contributed by atoms with Gasteiger partial charge in [0.05, 0.1) is 19.3 Å². The van der Waals surface area contributed by atoms with E-state index in [-0.39, 0.29) is 5.78 Å². The van der Waals surface area contributed by atoms with Crippen LogP contribution in [0.2, 0.25) is 0 Å². The molecule has 2 N–H and O–H groups in total. The quantitative estimate of drug-likeness (QED) is 0.474. The predicted octanol–water partition coefficient (Wildman–Crippen LogP) is 2.95. The molecule has 168 valence electrons. The third-order valence-electron chi connectivity index (χ3n) is 5.79. The second kappa shape index (κ2) is 8.61. The summed E-state index contributed by atoms with van der Waals surface area (Å²) in [4.78, 5) is 22.2. The second-order valence-corrected chi connectivity index (χ2v) is 7.74. The summed E-state index contributed by atoms with van der Waals surface area (Å²) >= 11 is 0. The van der Waals surface area contributed by atoms with Gasteiger partial charge < -0.3 is 14.6 Å². The van der Waals surface area contributed by atoms with Gasteiger partial charge in [0, 0.05) is 35.9 Å².